The first kappa shape index (κ1) is 18.8. The third kappa shape index (κ3) is 4.09. The van der Waals surface area contributed by atoms with Gasteiger partial charge in [0.1, 0.15) is 5.82 Å². The van der Waals surface area contributed by atoms with E-state index in [2.05, 4.69) is 29.2 Å². The number of aromatic nitrogens is 2. The number of likely N-dealkylation sites (tertiary alicyclic amines) is 1. The zero-order chi connectivity index (χ0) is 17.9. The van der Waals surface area contributed by atoms with Gasteiger partial charge in [-0.25, -0.2) is 0 Å². The quantitative estimate of drug-likeness (QED) is 0.865. The second-order valence-electron chi connectivity index (χ2n) is 7.35. The number of hydrogen-bond acceptors (Lipinski definition) is 4. The van der Waals surface area contributed by atoms with Crippen LogP contribution < -0.4 is 10.2 Å². The number of piperidine rings is 1. The number of amides is 1. The fourth-order valence-corrected chi connectivity index (χ4v) is 3.50. The Hall–Kier alpha value is -1.56. The van der Waals surface area contributed by atoms with Gasteiger partial charge in [-0.2, -0.15) is 5.10 Å². The largest absolute Gasteiger partial charge is 0.363 e. The van der Waals surface area contributed by atoms with Gasteiger partial charge in [0.25, 0.3) is 0 Å². The highest BCUT2D eigenvalue weighted by Crippen LogP contribution is 2.27. The van der Waals surface area contributed by atoms with E-state index in [0.717, 1.165) is 37.4 Å². The fraction of sp³-hybridized carbons (Fsp3) is 0.778. The van der Waals surface area contributed by atoms with E-state index in [9.17, 15) is 4.79 Å². The second kappa shape index (κ2) is 8.01. The number of aryl methyl sites for hydroxylation is 1. The third-order valence-corrected chi connectivity index (χ3v) is 4.74. The summed E-state index contributed by atoms with van der Waals surface area (Å²) in [7, 11) is 6.05. The van der Waals surface area contributed by atoms with E-state index in [1.54, 1.807) is 0 Å². The normalized spacial score (nSPS) is 16.5. The molecule has 1 fully saturated rings. The number of nitrogens with zero attached hydrogens (tertiary/aromatic N) is 4. The molecular weight excluding hydrogens is 302 g/mol. The molecule has 1 N–H and O–H groups in total. The number of hydrogen-bond donors (Lipinski definition) is 1. The lowest BCUT2D eigenvalue weighted by atomic mass is 10.0. The predicted molar refractivity (Wildman–Crippen MR) is 98.4 cm³/mol. The van der Waals surface area contributed by atoms with Crippen molar-refractivity contribution in [3.63, 3.8) is 0 Å². The van der Waals surface area contributed by atoms with Gasteiger partial charge in [-0.15, -0.1) is 0 Å². The Labute approximate surface area is 146 Å². The molecule has 2 heterocycles. The Morgan fingerprint density at radius 3 is 2.38 bits per heavy atom. The first-order valence-electron chi connectivity index (χ1n) is 9.08. The molecular formula is C18H33N5O. The van der Waals surface area contributed by atoms with Gasteiger partial charge >= 0.3 is 0 Å². The summed E-state index contributed by atoms with van der Waals surface area (Å²) in [5.41, 5.74) is 2.29. The summed E-state index contributed by atoms with van der Waals surface area (Å²) in [6.45, 7) is 8.75. The summed E-state index contributed by atoms with van der Waals surface area (Å²) in [6.07, 6.45) is 3.50. The Balaban J connectivity index is 2.08. The summed E-state index contributed by atoms with van der Waals surface area (Å²) in [5.74, 6) is 1.68. The molecule has 24 heavy (non-hydrogen) atoms. The lowest BCUT2D eigenvalue weighted by molar-refractivity contribution is -0.133. The molecule has 2 rings (SSSR count). The van der Waals surface area contributed by atoms with Crippen molar-refractivity contribution in [2.24, 2.45) is 7.05 Å². The molecule has 1 aromatic heterocycles. The van der Waals surface area contributed by atoms with Crippen LogP contribution in [-0.2, 0) is 18.4 Å². The van der Waals surface area contributed by atoms with Gasteiger partial charge in [0.2, 0.25) is 5.91 Å². The molecule has 0 aromatic carbocycles. The maximum atomic E-state index is 12.6. The number of carbonyl (C=O) groups excluding carboxylic acids is 1. The van der Waals surface area contributed by atoms with Crippen LogP contribution in [0.2, 0.25) is 0 Å². The minimum Gasteiger partial charge on any atom is -0.363 e. The van der Waals surface area contributed by atoms with E-state index in [1.165, 1.54) is 12.0 Å². The molecule has 1 aromatic rings. The van der Waals surface area contributed by atoms with Crippen molar-refractivity contribution < 1.29 is 4.79 Å². The van der Waals surface area contributed by atoms with Crippen LogP contribution in [0.3, 0.4) is 0 Å². The van der Waals surface area contributed by atoms with Crippen LogP contribution >= 0.6 is 0 Å². The van der Waals surface area contributed by atoms with Crippen molar-refractivity contribution in [2.75, 3.05) is 32.1 Å². The van der Waals surface area contributed by atoms with Crippen molar-refractivity contribution in [1.29, 1.82) is 0 Å². The highest BCUT2D eigenvalue weighted by Gasteiger charge is 2.24. The minimum atomic E-state index is -0.168. The maximum absolute atomic E-state index is 12.6. The summed E-state index contributed by atoms with van der Waals surface area (Å²) in [4.78, 5) is 16.7. The van der Waals surface area contributed by atoms with Crippen LogP contribution in [0, 0.1) is 0 Å². The predicted octanol–water partition coefficient (Wildman–Crippen LogP) is 2.10. The van der Waals surface area contributed by atoms with E-state index in [1.807, 2.05) is 37.6 Å². The molecule has 1 aliphatic heterocycles. The van der Waals surface area contributed by atoms with Gasteiger partial charge < -0.3 is 15.1 Å². The van der Waals surface area contributed by atoms with Crippen molar-refractivity contribution in [2.45, 2.75) is 58.5 Å². The SMILES string of the molecule is CC(C)c1nn(C)c(N(C)C)c1CN[C@H](C)C(=O)N1CCCCC1. The van der Waals surface area contributed by atoms with Crippen LogP contribution in [0.1, 0.15) is 57.2 Å². The van der Waals surface area contributed by atoms with E-state index in [0.29, 0.717) is 12.5 Å². The summed E-state index contributed by atoms with van der Waals surface area (Å²) >= 11 is 0. The zero-order valence-corrected chi connectivity index (χ0v) is 16.1. The molecule has 6 nitrogen and oxygen atoms in total. The average Bonchev–Trinajstić information content (AvgIpc) is 2.89. The molecule has 0 aliphatic carbocycles. The van der Waals surface area contributed by atoms with Crippen molar-refractivity contribution in [3.8, 4) is 0 Å². The molecule has 6 heteroatoms. The molecule has 136 valence electrons. The molecule has 1 amide bonds. The molecule has 0 saturated carbocycles. The topological polar surface area (TPSA) is 53.4 Å². The number of anilines is 1. The van der Waals surface area contributed by atoms with E-state index < -0.39 is 0 Å². The molecule has 1 saturated heterocycles. The Bertz CT molecular complexity index is 558. The lowest BCUT2D eigenvalue weighted by Crippen LogP contribution is -2.46. The molecule has 0 radical (unpaired) electrons. The van der Waals surface area contributed by atoms with Crippen LogP contribution in [-0.4, -0.2) is 53.8 Å². The van der Waals surface area contributed by atoms with Gasteiger partial charge in [0.05, 0.1) is 11.7 Å². The number of carbonyl (C=O) groups is 1. The Morgan fingerprint density at radius 1 is 1.21 bits per heavy atom. The van der Waals surface area contributed by atoms with Gasteiger partial charge in [-0.3, -0.25) is 9.48 Å². The summed E-state index contributed by atoms with van der Waals surface area (Å²) in [5, 5.41) is 8.11. The lowest BCUT2D eigenvalue weighted by Gasteiger charge is -2.29. The Kier molecular flexibility index (Phi) is 6.27. The van der Waals surface area contributed by atoms with E-state index in [-0.39, 0.29) is 11.9 Å². The zero-order valence-electron chi connectivity index (χ0n) is 16.1. The smallest absolute Gasteiger partial charge is 0.239 e. The highest BCUT2D eigenvalue weighted by molar-refractivity contribution is 5.81. The van der Waals surface area contributed by atoms with Gasteiger partial charge in [-0.05, 0) is 32.1 Å². The van der Waals surface area contributed by atoms with Crippen LogP contribution in [0.25, 0.3) is 0 Å². The minimum absolute atomic E-state index is 0.168. The monoisotopic (exact) mass is 335 g/mol. The van der Waals surface area contributed by atoms with Gasteiger partial charge in [-0.1, -0.05) is 13.8 Å². The van der Waals surface area contributed by atoms with Crippen LogP contribution in [0.15, 0.2) is 0 Å². The summed E-state index contributed by atoms with van der Waals surface area (Å²) < 4.78 is 1.93. The van der Waals surface area contributed by atoms with Gasteiger partial charge in [0.15, 0.2) is 0 Å². The standard InChI is InChI=1S/C18H33N5O/c1-13(2)16-15(17(21(4)5)22(6)20-16)12-19-14(3)18(24)23-10-8-7-9-11-23/h13-14,19H,7-12H2,1-6H3/t14-/m1/s1. The first-order valence-corrected chi connectivity index (χ1v) is 9.08. The first-order chi connectivity index (χ1) is 11.3. The van der Waals surface area contributed by atoms with Crippen molar-refractivity contribution in [3.05, 3.63) is 11.3 Å². The van der Waals surface area contributed by atoms with Crippen molar-refractivity contribution >= 4 is 11.7 Å². The maximum Gasteiger partial charge on any atom is 0.239 e. The number of nitrogens with one attached hydrogen (secondary N) is 1. The molecule has 0 spiro atoms. The molecule has 1 aliphatic rings. The molecule has 0 unspecified atom stereocenters. The van der Waals surface area contributed by atoms with Crippen LogP contribution in [0.4, 0.5) is 5.82 Å². The van der Waals surface area contributed by atoms with Gasteiger partial charge in [0, 0.05) is 46.3 Å². The fourth-order valence-electron chi connectivity index (χ4n) is 3.50. The highest BCUT2D eigenvalue weighted by atomic mass is 16.2. The summed E-state index contributed by atoms with van der Waals surface area (Å²) in [6, 6.07) is -0.168. The molecule has 0 bridgehead atoms. The van der Waals surface area contributed by atoms with E-state index in [4.69, 9.17) is 0 Å². The Morgan fingerprint density at radius 2 is 1.83 bits per heavy atom. The van der Waals surface area contributed by atoms with Crippen molar-refractivity contribution in [1.82, 2.24) is 20.0 Å². The average molecular weight is 335 g/mol. The number of rotatable bonds is 6. The third-order valence-electron chi connectivity index (χ3n) is 4.74. The second-order valence-corrected chi connectivity index (χ2v) is 7.35. The molecule has 1 atom stereocenters. The van der Waals surface area contributed by atoms with E-state index >= 15 is 0 Å². The van der Waals surface area contributed by atoms with Crippen LogP contribution in [0.5, 0.6) is 0 Å².